The largest absolute Gasteiger partial charge is 0.383 e. The Morgan fingerprint density at radius 3 is 2.54 bits per heavy atom. The standard InChI is InChI=1S/C18H20N4O2/c19-17-15(10-20-22(17)14-4-2-1-3-5-14)16(23)13-8-9-21(11-13)18(24)12-6-7-12/h1-5,10,12-13H,6-9,11,19H2. The lowest BCUT2D eigenvalue weighted by molar-refractivity contribution is -0.131. The van der Waals surface area contributed by atoms with Gasteiger partial charge < -0.3 is 10.6 Å². The van der Waals surface area contributed by atoms with Crippen molar-refractivity contribution in [2.75, 3.05) is 18.8 Å². The van der Waals surface area contributed by atoms with Gasteiger partial charge in [-0.2, -0.15) is 5.10 Å². The maximum atomic E-state index is 12.8. The molecule has 124 valence electrons. The van der Waals surface area contributed by atoms with Gasteiger partial charge >= 0.3 is 0 Å². The second kappa shape index (κ2) is 5.78. The van der Waals surface area contributed by atoms with Crippen molar-refractivity contribution in [2.24, 2.45) is 11.8 Å². The van der Waals surface area contributed by atoms with E-state index >= 15 is 0 Å². The summed E-state index contributed by atoms with van der Waals surface area (Å²) in [6.45, 7) is 1.17. The number of benzene rings is 1. The molecule has 1 atom stereocenters. The van der Waals surface area contributed by atoms with Crippen molar-refractivity contribution in [3.63, 3.8) is 0 Å². The number of hydrogen-bond acceptors (Lipinski definition) is 4. The lowest BCUT2D eigenvalue weighted by Crippen LogP contribution is -2.31. The lowest BCUT2D eigenvalue weighted by atomic mass is 9.98. The molecule has 2 aromatic rings. The van der Waals surface area contributed by atoms with Crippen LogP contribution in [0.25, 0.3) is 5.69 Å². The zero-order valence-corrected chi connectivity index (χ0v) is 13.4. The molecule has 0 radical (unpaired) electrons. The summed E-state index contributed by atoms with van der Waals surface area (Å²) in [5.74, 6) is 0.574. The van der Waals surface area contributed by atoms with Crippen molar-refractivity contribution < 1.29 is 9.59 Å². The Bertz CT molecular complexity index is 780. The number of ketones is 1. The minimum absolute atomic E-state index is 0.0132. The number of Topliss-reactive ketones (excluding diaryl/α,β-unsaturated/α-hetero) is 1. The fourth-order valence-corrected chi connectivity index (χ4v) is 3.31. The molecule has 2 heterocycles. The molecular weight excluding hydrogens is 304 g/mol. The van der Waals surface area contributed by atoms with Crippen LogP contribution in [-0.2, 0) is 4.79 Å². The zero-order chi connectivity index (χ0) is 16.7. The summed E-state index contributed by atoms with van der Waals surface area (Å²) < 4.78 is 1.58. The lowest BCUT2D eigenvalue weighted by Gasteiger charge is -2.15. The van der Waals surface area contributed by atoms with Crippen LogP contribution in [0.4, 0.5) is 5.82 Å². The first-order valence-corrected chi connectivity index (χ1v) is 8.37. The number of rotatable bonds is 4. The molecule has 6 nitrogen and oxygen atoms in total. The van der Waals surface area contributed by atoms with Gasteiger partial charge in [-0.25, -0.2) is 4.68 Å². The highest BCUT2D eigenvalue weighted by molar-refractivity contribution is 6.02. The van der Waals surface area contributed by atoms with Gasteiger partial charge in [0.2, 0.25) is 5.91 Å². The predicted molar refractivity (Wildman–Crippen MR) is 89.7 cm³/mol. The van der Waals surface area contributed by atoms with Crippen molar-refractivity contribution in [3.05, 3.63) is 42.1 Å². The van der Waals surface area contributed by atoms with Gasteiger partial charge in [-0.15, -0.1) is 0 Å². The molecule has 1 amide bonds. The Morgan fingerprint density at radius 2 is 1.83 bits per heavy atom. The van der Waals surface area contributed by atoms with Crippen molar-refractivity contribution in [1.29, 1.82) is 0 Å². The maximum absolute atomic E-state index is 12.8. The number of carbonyl (C=O) groups is 2. The highest BCUT2D eigenvalue weighted by atomic mass is 16.2. The molecule has 1 aromatic heterocycles. The number of nitrogens with zero attached hydrogens (tertiary/aromatic N) is 3. The third-order valence-corrected chi connectivity index (χ3v) is 4.87. The molecule has 6 heteroatoms. The molecule has 0 spiro atoms. The molecule has 1 saturated carbocycles. The average Bonchev–Trinajstić information content (AvgIpc) is 3.21. The first kappa shape index (κ1) is 14.9. The normalized spacial score (nSPS) is 20.3. The summed E-state index contributed by atoms with van der Waals surface area (Å²) in [4.78, 5) is 26.8. The van der Waals surface area contributed by atoms with E-state index in [9.17, 15) is 9.59 Å². The van der Waals surface area contributed by atoms with Gasteiger partial charge in [0.25, 0.3) is 0 Å². The summed E-state index contributed by atoms with van der Waals surface area (Å²) in [6.07, 6.45) is 4.22. The Morgan fingerprint density at radius 1 is 1.08 bits per heavy atom. The molecule has 24 heavy (non-hydrogen) atoms. The van der Waals surface area contributed by atoms with Crippen LogP contribution in [0.5, 0.6) is 0 Å². The summed E-state index contributed by atoms with van der Waals surface area (Å²) in [7, 11) is 0. The number of aromatic nitrogens is 2. The Hall–Kier alpha value is -2.63. The quantitative estimate of drug-likeness (QED) is 0.871. The molecule has 0 bridgehead atoms. The minimum atomic E-state index is -0.177. The number of anilines is 1. The highest BCUT2D eigenvalue weighted by Gasteiger charge is 2.39. The topological polar surface area (TPSA) is 81.2 Å². The summed E-state index contributed by atoms with van der Waals surface area (Å²) in [5.41, 5.74) is 7.43. The van der Waals surface area contributed by atoms with Gasteiger partial charge in [0, 0.05) is 24.9 Å². The molecule has 1 aliphatic carbocycles. The Labute approximate surface area is 140 Å². The molecule has 1 aromatic carbocycles. The minimum Gasteiger partial charge on any atom is -0.383 e. The predicted octanol–water partition coefficient (Wildman–Crippen LogP) is 1.90. The van der Waals surface area contributed by atoms with Crippen LogP contribution >= 0.6 is 0 Å². The van der Waals surface area contributed by atoms with Crippen LogP contribution in [0, 0.1) is 11.8 Å². The van der Waals surface area contributed by atoms with Crippen molar-refractivity contribution in [3.8, 4) is 5.69 Å². The third-order valence-electron chi connectivity index (χ3n) is 4.87. The second-order valence-electron chi connectivity index (χ2n) is 6.60. The van der Waals surface area contributed by atoms with Crippen molar-refractivity contribution >= 4 is 17.5 Å². The molecule has 4 rings (SSSR count). The van der Waals surface area contributed by atoms with Crippen molar-refractivity contribution in [2.45, 2.75) is 19.3 Å². The van der Waals surface area contributed by atoms with Gasteiger partial charge in [0.05, 0.1) is 17.4 Å². The monoisotopic (exact) mass is 324 g/mol. The molecule has 1 saturated heterocycles. The smallest absolute Gasteiger partial charge is 0.225 e. The van der Waals surface area contributed by atoms with E-state index in [4.69, 9.17) is 5.73 Å². The van der Waals surface area contributed by atoms with Crippen LogP contribution in [0.2, 0.25) is 0 Å². The van der Waals surface area contributed by atoms with Crippen LogP contribution in [0.15, 0.2) is 36.5 Å². The van der Waals surface area contributed by atoms with E-state index in [-0.39, 0.29) is 23.5 Å². The number of nitrogen functional groups attached to an aromatic ring is 1. The Balaban J connectivity index is 1.51. The zero-order valence-electron chi connectivity index (χ0n) is 13.4. The van der Waals surface area contributed by atoms with Crippen molar-refractivity contribution in [1.82, 2.24) is 14.7 Å². The van der Waals surface area contributed by atoms with Crippen LogP contribution in [0.3, 0.4) is 0 Å². The highest BCUT2D eigenvalue weighted by Crippen LogP contribution is 2.33. The van der Waals surface area contributed by atoms with E-state index in [1.807, 2.05) is 35.2 Å². The molecule has 2 aliphatic rings. The first-order chi connectivity index (χ1) is 11.6. The first-order valence-electron chi connectivity index (χ1n) is 8.37. The van der Waals surface area contributed by atoms with E-state index in [1.54, 1.807) is 4.68 Å². The van der Waals surface area contributed by atoms with Crippen LogP contribution in [0.1, 0.15) is 29.6 Å². The van der Waals surface area contributed by atoms with Crippen LogP contribution in [-0.4, -0.2) is 39.5 Å². The van der Waals surface area contributed by atoms with E-state index < -0.39 is 0 Å². The number of hydrogen-bond donors (Lipinski definition) is 1. The maximum Gasteiger partial charge on any atom is 0.225 e. The summed E-state index contributed by atoms with van der Waals surface area (Å²) >= 11 is 0. The van der Waals surface area contributed by atoms with Crippen LogP contribution < -0.4 is 5.73 Å². The number of nitrogens with two attached hydrogens (primary N) is 1. The average molecular weight is 324 g/mol. The fraction of sp³-hybridized carbons (Fsp3) is 0.389. The molecule has 2 N–H and O–H groups in total. The van der Waals surface area contributed by atoms with Gasteiger partial charge in [0.1, 0.15) is 5.82 Å². The van der Waals surface area contributed by atoms with Gasteiger partial charge in [-0.1, -0.05) is 18.2 Å². The number of para-hydroxylation sites is 1. The number of likely N-dealkylation sites (tertiary alicyclic amines) is 1. The van der Waals surface area contributed by atoms with E-state index in [2.05, 4.69) is 5.10 Å². The van der Waals surface area contributed by atoms with E-state index in [0.717, 1.165) is 18.5 Å². The molecular formula is C18H20N4O2. The van der Waals surface area contributed by atoms with Gasteiger partial charge in [-0.3, -0.25) is 9.59 Å². The van der Waals surface area contributed by atoms with Gasteiger partial charge in [0.15, 0.2) is 5.78 Å². The van der Waals surface area contributed by atoms with E-state index in [1.165, 1.54) is 6.20 Å². The number of carbonyl (C=O) groups excluding carboxylic acids is 2. The number of amides is 1. The fourth-order valence-electron chi connectivity index (χ4n) is 3.31. The molecule has 2 fully saturated rings. The molecule has 1 aliphatic heterocycles. The molecule has 1 unspecified atom stereocenters. The Kier molecular flexibility index (Phi) is 3.59. The third kappa shape index (κ3) is 2.58. The van der Waals surface area contributed by atoms with E-state index in [0.29, 0.717) is 30.9 Å². The summed E-state index contributed by atoms with van der Waals surface area (Å²) in [6, 6.07) is 9.50. The SMILES string of the molecule is Nc1c(C(=O)C2CCN(C(=O)C3CC3)C2)cnn1-c1ccccc1. The van der Waals surface area contributed by atoms with Gasteiger partial charge in [-0.05, 0) is 31.4 Å². The summed E-state index contributed by atoms with van der Waals surface area (Å²) in [5, 5.41) is 4.26. The second-order valence-corrected chi connectivity index (χ2v) is 6.60.